The molecule has 158 valence electrons. The van der Waals surface area contributed by atoms with E-state index in [0.29, 0.717) is 17.0 Å². The van der Waals surface area contributed by atoms with E-state index >= 15 is 0 Å². The van der Waals surface area contributed by atoms with Crippen molar-refractivity contribution in [3.63, 3.8) is 0 Å². The van der Waals surface area contributed by atoms with Crippen molar-refractivity contribution in [2.24, 2.45) is 0 Å². The molecule has 1 atom stereocenters. The molecule has 1 aromatic carbocycles. The molecule has 2 aromatic rings. The maximum absolute atomic E-state index is 12.9. The number of hydrogen-bond donors (Lipinski definition) is 1. The second-order valence-electron chi connectivity index (χ2n) is 9.15. The lowest BCUT2D eigenvalue weighted by molar-refractivity contribution is 0.0897. The highest BCUT2D eigenvalue weighted by Crippen LogP contribution is 2.26. The van der Waals surface area contributed by atoms with Gasteiger partial charge in [-0.15, -0.1) is 0 Å². The van der Waals surface area contributed by atoms with Gasteiger partial charge < -0.3 is 9.84 Å². The van der Waals surface area contributed by atoms with Gasteiger partial charge in [-0.3, -0.25) is 14.6 Å². The number of aryl methyl sites for hydroxylation is 1. The molecule has 1 amide bonds. The summed E-state index contributed by atoms with van der Waals surface area (Å²) >= 11 is 0. The van der Waals surface area contributed by atoms with Crippen LogP contribution in [0, 0.1) is 6.92 Å². The van der Waals surface area contributed by atoms with E-state index in [1.54, 1.807) is 6.92 Å². The summed E-state index contributed by atoms with van der Waals surface area (Å²) in [6.07, 6.45) is 0. The molecule has 1 fully saturated rings. The van der Waals surface area contributed by atoms with Crippen LogP contribution in [-0.2, 0) is 12.0 Å². The molecule has 6 heteroatoms. The van der Waals surface area contributed by atoms with Gasteiger partial charge in [-0.2, -0.15) is 0 Å². The molecule has 1 aliphatic heterocycles. The summed E-state index contributed by atoms with van der Waals surface area (Å²) in [4.78, 5) is 17.8. The van der Waals surface area contributed by atoms with Crippen molar-refractivity contribution in [2.75, 3.05) is 32.7 Å². The first-order valence-electron chi connectivity index (χ1n) is 10.5. The Bertz CT molecular complexity index is 802. The number of nitrogens with one attached hydrogen (secondary N) is 1. The van der Waals surface area contributed by atoms with Crippen LogP contribution in [0.15, 0.2) is 34.9 Å². The van der Waals surface area contributed by atoms with Crippen LogP contribution in [0.3, 0.4) is 0 Å². The minimum absolute atomic E-state index is 0.0605. The largest absolute Gasteiger partial charge is 0.361 e. The summed E-state index contributed by atoms with van der Waals surface area (Å²) in [6.45, 7) is 16.0. The lowest BCUT2D eigenvalue weighted by Gasteiger charge is -2.36. The Morgan fingerprint density at radius 2 is 1.76 bits per heavy atom. The molecule has 3 rings (SSSR count). The zero-order valence-corrected chi connectivity index (χ0v) is 18.4. The third-order valence-electron chi connectivity index (χ3n) is 5.42. The van der Waals surface area contributed by atoms with Crippen LogP contribution in [0.25, 0.3) is 0 Å². The molecular formula is C23H34N4O2. The van der Waals surface area contributed by atoms with E-state index in [0.717, 1.165) is 39.3 Å². The molecule has 0 radical (unpaired) electrons. The summed E-state index contributed by atoms with van der Waals surface area (Å²) in [5, 5.41) is 7.26. The molecule has 0 bridgehead atoms. The maximum atomic E-state index is 12.9. The highest BCUT2D eigenvalue weighted by atomic mass is 16.5. The molecule has 6 nitrogen and oxygen atoms in total. The fraction of sp³-hybridized carbons (Fsp3) is 0.565. The Morgan fingerprint density at radius 1 is 1.14 bits per heavy atom. The van der Waals surface area contributed by atoms with Crippen LogP contribution >= 0.6 is 0 Å². The third kappa shape index (κ3) is 5.67. The predicted octanol–water partition coefficient (Wildman–Crippen LogP) is 3.22. The topological polar surface area (TPSA) is 61.6 Å². The normalized spacial score (nSPS) is 17.3. The van der Waals surface area contributed by atoms with Crippen molar-refractivity contribution in [2.45, 2.75) is 52.6 Å². The zero-order chi connectivity index (χ0) is 21.0. The first-order valence-corrected chi connectivity index (χ1v) is 10.5. The van der Waals surface area contributed by atoms with Crippen molar-refractivity contribution in [3.05, 3.63) is 52.9 Å². The molecule has 1 saturated heterocycles. The van der Waals surface area contributed by atoms with Crippen molar-refractivity contribution in [1.29, 1.82) is 0 Å². The van der Waals surface area contributed by atoms with E-state index in [4.69, 9.17) is 4.52 Å². The van der Waals surface area contributed by atoms with E-state index in [1.807, 2.05) is 20.8 Å². The SMILES string of the molecule is Cc1onc(C(C)(C)C)c1C(=O)NC(C)CN1CCN(Cc2ccccc2)CC1. The second-order valence-corrected chi connectivity index (χ2v) is 9.15. The molecule has 1 aromatic heterocycles. The number of benzene rings is 1. The molecule has 29 heavy (non-hydrogen) atoms. The monoisotopic (exact) mass is 398 g/mol. The van der Waals surface area contributed by atoms with Gasteiger partial charge in [0.25, 0.3) is 5.91 Å². The van der Waals surface area contributed by atoms with Gasteiger partial charge in [0.2, 0.25) is 0 Å². The zero-order valence-electron chi connectivity index (χ0n) is 18.4. The van der Waals surface area contributed by atoms with Gasteiger partial charge in [0.15, 0.2) is 0 Å². The Morgan fingerprint density at radius 3 is 2.38 bits per heavy atom. The van der Waals surface area contributed by atoms with E-state index in [9.17, 15) is 4.79 Å². The van der Waals surface area contributed by atoms with Crippen LogP contribution in [0.5, 0.6) is 0 Å². The van der Waals surface area contributed by atoms with Crippen LogP contribution in [0.2, 0.25) is 0 Å². The Balaban J connectivity index is 1.49. The lowest BCUT2D eigenvalue weighted by atomic mass is 9.88. The van der Waals surface area contributed by atoms with Crippen LogP contribution in [0.4, 0.5) is 0 Å². The second kappa shape index (κ2) is 9.09. The van der Waals surface area contributed by atoms with Gasteiger partial charge in [0, 0.05) is 50.7 Å². The number of nitrogens with zero attached hydrogens (tertiary/aromatic N) is 3. The summed E-state index contributed by atoms with van der Waals surface area (Å²) in [5.41, 5.74) is 2.43. The molecule has 0 aliphatic carbocycles. The average molecular weight is 399 g/mol. The molecule has 1 unspecified atom stereocenters. The van der Waals surface area contributed by atoms with Gasteiger partial charge in [-0.1, -0.05) is 56.3 Å². The number of piperazine rings is 1. The van der Waals surface area contributed by atoms with E-state index < -0.39 is 0 Å². The highest BCUT2D eigenvalue weighted by molar-refractivity contribution is 5.96. The van der Waals surface area contributed by atoms with Crippen LogP contribution < -0.4 is 5.32 Å². The molecule has 1 aliphatic rings. The molecular weight excluding hydrogens is 364 g/mol. The number of carbonyl (C=O) groups excluding carboxylic acids is 1. The first-order chi connectivity index (χ1) is 13.7. The number of amides is 1. The van der Waals surface area contributed by atoms with Crippen LogP contribution in [0.1, 0.15) is 55.1 Å². The van der Waals surface area contributed by atoms with Gasteiger partial charge in [0.1, 0.15) is 17.0 Å². The van der Waals surface area contributed by atoms with Gasteiger partial charge in [-0.25, -0.2) is 0 Å². The van der Waals surface area contributed by atoms with Crippen LogP contribution in [-0.4, -0.2) is 59.6 Å². The molecule has 0 saturated carbocycles. The minimum Gasteiger partial charge on any atom is -0.361 e. The average Bonchev–Trinajstić information content (AvgIpc) is 3.06. The van der Waals surface area contributed by atoms with E-state index in [1.165, 1.54) is 5.56 Å². The number of aromatic nitrogens is 1. The number of rotatable bonds is 6. The number of carbonyl (C=O) groups is 1. The van der Waals surface area contributed by atoms with Gasteiger partial charge in [0.05, 0.1) is 0 Å². The molecule has 1 N–H and O–H groups in total. The molecule has 0 spiro atoms. The summed E-state index contributed by atoms with van der Waals surface area (Å²) in [6, 6.07) is 10.7. The Kier molecular flexibility index (Phi) is 6.75. The minimum atomic E-state index is -0.233. The Hall–Kier alpha value is -2.18. The highest BCUT2D eigenvalue weighted by Gasteiger charge is 2.29. The summed E-state index contributed by atoms with van der Waals surface area (Å²) in [5.74, 6) is 0.484. The van der Waals surface area contributed by atoms with Gasteiger partial charge in [-0.05, 0) is 19.4 Å². The third-order valence-corrected chi connectivity index (χ3v) is 5.42. The summed E-state index contributed by atoms with van der Waals surface area (Å²) < 4.78 is 5.31. The summed E-state index contributed by atoms with van der Waals surface area (Å²) in [7, 11) is 0. The number of hydrogen-bond acceptors (Lipinski definition) is 5. The Labute approximate surface area is 174 Å². The fourth-order valence-corrected chi connectivity index (χ4v) is 3.85. The first kappa shape index (κ1) is 21.5. The smallest absolute Gasteiger partial charge is 0.257 e. The predicted molar refractivity (Wildman–Crippen MR) is 115 cm³/mol. The van der Waals surface area contributed by atoms with Crippen molar-refractivity contribution >= 4 is 5.91 Å². The van der Waals surface area contributed by atoms with Crippen molar-refractivity contribution in [1.82, 2.24) is 20.3 Å². The van der Waals surface area contributed by atoms with Gasteiger partial charge >= 0.3 is 0 Å². The van der Waals surface area contributed by atoms with E-state index in [2.05, 4.69) is 57.5 Å². The quantitative estimate of drug-likeness (QED) is 0.810. The molecule has 2 heterocycles. The standard InChI is InChI=1S/C23H34N4O2/c1-17(24-22(28)20-18(2)29-25-21(20)23(3,4)5)15-26-11-13-27(14-12-26)16-19-9-7-6-8-10-19/h6-10,17H,11-16H2,1-5H3,(H,24,28). The lowest BCUT2D eigenvalue weighted by Crippen LogP contribution is -2.50. The van der Waals surface area contributed by atoms with E-state index in [-0.39, 0.29) is 17.4 Å². The van der Waals surface area contributed by atoms with Crippen molar-refractivity contribution in [3.8, 4) is 0 Å². The van der Waals surface area contributed by atoms with Crippen molar-refractivity contribution < 1.29 is 9.32 Å². The fourth-order valence-electron chi connectivity index (χ4n) is 3.85. The maximum Gasteiger partial charge on any atom is 0.257 e.